The van der Waals surface area contributed by atoms with E-state index in [0.717, 1.165) is 18.8 Å². The van der Waals surface area contributed by atoms with Gasteiger partial charge in [-0.1, -0.05) is 0 Å². The van der Waals surface area contributed by atoms with Crippen LogP contribution in [0.15, 0.2) is 6.07 Å². The van der Waals surface area contributed by atoms with Crippen LogP contribution in [0.25, 0.3) is 0 Å². The summed E-state index contributed by atoms with van der Waals surface area (Å²) in [6.45, 7) is 5.02. The van der Waals surface area contributed by atoms with Crippen LogP contribution in [-0.4, -0.2) is 78.6 Å². The molecule has 3 rings (SSSR count). The number of piperazine rings is 1. The highest BCUT2D eigenvalue weighted by Crippen LogP contribution is 2.25. The van der Waals surface area contributed by atoms with Gasteiger partial charge in [-0.05, 0) is 26.5 Å². The Balaban J connectivity index is 1.76. The van der Waals surface area contributed by atoms with Gasteiger partial charge in [-0.15, -0.1) is 0 Å². The van der Waals surface area contributed by atoms with Crippen molar-refractivity contribution in [2.24, 2.45) is 0 Å². The first-order valence-corrected chi connectivity index (χ1v) is 9.42. The van der Waals surface area contributed by atoms with Crippen LogP contribution < -0.4 is 0 Å². The number of hydrogen-bond acceptors (Lipinski definition) is 5. The Bertz CT molecular complexity index is 674. The molecule has 0 spiro atoms. The van der Waals surface area contributed by atoms with E-state index >= 15 is 0 Å². The lowest BCUT2D eigenvalue weighted by Crippen LogP contribution is -2.47. The topological polar surface area (TPSA) is 75.5 Å². The van der Waals surface area contributed by atoms with Gasteiger partial charge in [0.05, 0.1) is 17.5 Å². The van der Waals surface area contributed by atoms with E-state index in [9.17, 15) is 13.2 Å². The van der Waals surface area contributed by atoms with E-state index in [0.29, 0.717) is 25.2 Å². The molecule has 1 amide bonds. The number of likely N-dealkylation sites (N-methyl/N-ethyl adjacent to an activating group) is 1. The molecular formula is C14H22N4O3S. The summed E-state index contributed by atoms with van der Waals surface area (Å²) in [6, 6.07) is 1.63. The third-order valence-electron chi connectivity index (χ3n) is 4.49. The molecule has 1 aromatic rings. The molecule has 8 heteroatoms. The molecule has 2 saturated heterocycles. The summed E-state index contributed by atoms with van der Waals surface area (Å²) in [5, 5.41) is 4.40. The van der Waals surface area contributed by atoms with Crippen molar-refractivity contribution >= 4 is 15.7 Å². The number of aryl methyl sites for hydroxylation is 1. The molecule has 0 aliphatic carbocycles. The van der Waals surface area contributed by atoms with Crippen molar-refractivity contribution in [1.29, 1.82) is 0 Å². The summed E-state index contributed by atoms with van der Waals surface area (Å²) < 4.78 is 25.0. The average molecular weight is 326 g/mol. The minimum atomic E-state index is -2.96. The third-order valence-corrected chi connectivity index (χ3v) is 6.24. The van der Waals surface area contributed by atoms with Gasteiger partial charge in [0.15, 0.2) is 15.5 Å². The molecule has 122 valence electrons. The molecule has 22 heavy (non-hydrogen) atoms. The lowest BCUT2D eigenvalue weighted by atomic mass is 10.2. The van der Waals surface area contributed by atoms with Crippen molar-refractivity contribution in [2.45, 2.75) is 19.4 Å². The molecule has 2 fully saturated rings. The number of carbonyl (C=O) groups excluding carboxylic acids is 1. The van der Waals surface area contributed by atoms with Gasteiger partial charge in [0.2, 0.25) is 0 Å². The fourth-order valence-corrected chi connectivity index (χ4v) is 4.79. The Labute approximate surface area is 130 Å². The van der Waals surface area contributed by atoms with Crippen molar-refractivity contribution in [3.8, 4) is 0 Å². The van der Waals surface area contributed by atoms with E-state index < -0.39 is 9.84 Å². The molecule has 0 N–H and O–H groups in total. The normalized spacial score (nSPS) is 25.5. The molecule has 2 aliphatic heterocycles. The molecule has 2 aliphatic rings. The summed E-state index contributed by atoms with van der Waals surface area (Å²) in [7, 11) is -0.917. The molecule has 7 nitrogen and oxygen atoms in total. The zero-order chi connectivity index (χ0) is 15.9. The highest BCUT2D eigenvalue weighted by Gasteiger charge is 2.31. The first kappa shape index (κ1) is 15.5. The minimum absolute atomic E-state index is 0.0594. The molecule has 1 unspecified atom stereocenters. The Hall–Kier alpha value is -1.41. The Kier molecular flexibility index (Phi) is 3.98. The SMILES string of the molecule is Cc1cc(C(=O)N2CCN(C)CC2)nn1C1CCS(=O)(=O)C1. The molecule has 3 heterocycles. The van der Waals surface area contributed by atoms with E-state index in [-0.39, 0.29) is 23.5 Å². The van der Waals surface area contributed by atoms with Gasteiger partial charge in [-0.2, -0.15) is 5.10 Å². The number of rotatable bonds is 2. The van der Waals surface area contributed by atoms with Crippen LogP contribution in [0, 0.1) is 6.92 Å². The van der Waals surface area contributed by atoms with Gasteiger partial charge >= 0.3 is 0 Å². The number of amides is 1. The average Bonchev–Trinajstić information content (AvgIpc) is 3.01. The van der Waals surface area contributed by atoms with E-state index in [1.54, 1.807) is 10.7 Å². The maximum absolute atomic E-state index is 12.5. The van der Waals surface area contributed by atoms with Gasteiger partial charge in [0.25, 0.3) is 5.91 Å². The standard InChI is InChI=1S/C14H22N4O3S/c1-11-9-13(14(19)17-6-4-16(2)5-7-17)15-18(11)12-3-8-22(20,21)10-12/h9,12H,3-8,10H2,1-2H3. The summed E-state index contributed by atoms with van der Waals surface area (Å²) in [6.07, 6.45) is 0.576. The van der Waals surface area contributed by atoms with Gasteiger partial charge < -0.3 is 9.80 Å². The molecule has 1 atom stereocenters. The van der Waals surface area contributed by atoms with Crippen LogP contribution in [0.1, 0.15) is 28.6 Å². The summed E-state index contributed by atoms with van der Waals surface area (Å²) >= 11 is 0. The summed E-state index contributed by atoms with van der Waals surface area (Å²) in [5.41, 5.74) is 1.27. The maximum Gasteiger partial charge on any atom is 0.274 e. The Morgan fingerprint density at radius 1 is 1.27 bits per heavy atom. The van der Waals surface area contributed by atoms with Crippen LogP contribution in [-0.2, 0) is 9.84 Å². The van der Waals surface area contributed by atoms with E-state index in [2.05, 4.69) is 10.00 Å². The maximum atomic E-state index is 12.5. The van der Waals surface area contributed by atoms with Crippen molar-refractivity contribution in [3.63, 3.8) is 0 Å². The van der Waals surface area contributed by atoms with E-state index in [1.807, 2.05) is 18.9 Å². The van der Waals surface area contributed by atoms with Crippen LogP contribution in [0.4, 0.5) is 0 Å². The molecule has 0 radical (unpaired) electrons. The zero-order valence-corrected chi connectivity index (χ0v) is 13.8. The van der Waals surface area contributed by atoms with Crippen LogP contribution in [0.5, 0.6) is 0 Å². The zero-order valence-electron chi connectivity index (χ0n) is 13.0. The number of nitrogens with zero attached hydrogens (tertiary/aromatic N) is 4. The predicted octanol–water partition coefficient (Wildman–Crippen LogP) is -0.0613. The second kappa shape index (κ2) is 5.66. The largest absolute Gasteiger partial charge is 0.335 e. The second-order valence-corrected chi connectivity index (χ2v) is 8.50. The third kappa shape index (κ3) is 3.03. The quantitative estimate of drug-likeness (QED) is 0.761. The van der Waals surface area contributed by atoms with Crippen LogP contribution in [0.2, 0.25) is 0 Å². The van der Waals surface area contributed by atoms with Crippen molar-refractivity contribution in [1.82, 2.24) is 19.6 Å². The first-order chi connectivity index (χ1) is 10.4. The Morgan fingerprint density at radius 2 is 1.95 bits per heavy atom. The number of hydrogen-bond donors (Lipinski definition) is 0. The lowest BCUT2D eigenvalue weighted by molar-refractivity contribution is 0.0657. The fraction of sp³-hybridized carbons (Fsp3) is 0.714. The van der Waals surface area contributed by atoms with Crippen molar-refractivity contribution in [3.05, 3.63) is 17.5 Å². The molecule has 0 aromatic carbocycles. The molecule has 0 bridgehead atoms. The van der Waals surface area contributed by atoms with Crippen molar-refractivity contribution < 1.29 is 13.2 Å². The van der Waals surface area contributed by atoms with E-state index in [4.69, 9.17) is 0 Å². The van der Waals surface area contributed by atoms with E-state index in [1.165, 1.54) is 0 Å². The van der Waals surface area contributed by atoms with Gasteiger partial charge in [0.1, 0.15) is 0 Å². The Morgan fingerprint density at radius 3 is 2.55 bits per heavy atom. The summed E-state index contributed by atoms with van der Waals surface area (Å²) in [4.78, 5) is 16.5. The molecule has 1 aromatic heterocycles. The van der Waals surface area contributed by atoms with Crippen LogP contribution >= 0.6 is 0 Å². The lowest BCUT2D eigenvalue weighted by Gasteiger charge is -2.31. The van der Waals surface area contributed by atoms with Gasteiger partial charge in [-0.3, -0.25) is 9.48 Å². The first-order valence-electron chi connectivity index (χ1n) is 7.60. The molecular weight excluding hydrogens is 304 g/mol. The smallest absolute Gasteiger partial charge is 0.274 e. The fourth-order valence-electron chi connectivity index (χ4n) is 3.10. The highest BCUT2D eigenvalue weighted by atomic mass is 32.2. The summed E-state index contributed by atoms with van der Waals surface area (Å²) in [5.74, 6) is 0.270. The number of aromatic nitrogens is 2. The van der Waals surface area contributed by atoms with Gasteiger partial charge in [-0.25, -0.2) is 8.42 Å². The molecule has 0 saturated carbocycles. The monoisotopic (exact) mass is 326 g/mol. The predicted molar refractivity (Wildman–Crippen MR) is 82.7 cm³/mol. The van der Waals surface area contributed by atoms with Gasteiger partial charge in [0, 0.05) is 31.9 Å². The van der Waals surface area contributed by atoms with Crippen molar-refractivity contribution in [2.75, 3.05) is 44.7 Å². The minimum Gasteiger partial charge on any atom is -0.335 e. The van der Waals surface area contributed by atoms with Crippen LogP contribution in [0.3, 0.4) is 0 Å². The number of sulfone groups is 1. The highest BCUT2D eigenvalue weighted by molar-refractivity contribution is 7.91. The second-order valence-electron chi connectivity index (χ2n) is 6.27. The number of carbonyl (C=O) groups is 1.